The molecule has 0 unspecified atom stereocenters. The molecule has 0 aliphatic rings. The molecule has 5 heterocycles. The van der Waals surface area contributed by atoms with Crippen molar-refractivity contribution in [1.82, 2.24) is 23.9 Å². The summed E-state index contributed by atoms with van der Waals surface area (Å²) >= 11 is 0. The van der Waals surface area contributed by atoms with Gasteiger partial charge in [0.1, 0.15) is 0 Å². The number of fused-ring (bicyclic) bond motifs is 9. The third-order valence-electron chi connectivity index (χ3n) is 11.3. The van der Waals surface area contributed by atoms with Gasteiger partial charge in [0.2, 0.25) is 0 Å². The van der Waals surface area contributed by atoms with Crippen LogP contribution in [0.25, 0.3) is 111 Å². The van der Waals surface area contributed by atoms with Crippen molar-refractivity contribution in [3.8, 4) is 50.8 Å². The Hall–Kier alpha value is -7.63. The summed E-state index contributed by atoms with van der Waals surface area (Å²) < 4.78 is 4.80. The maximum absolute atomic E-state index is 5.16. The van der Waals surface area contributed by atoms with Gasteiger partial charge in [-0.3, -0.25) is 4.98 Å². The minimum absolute atomic E-state index is 0.661. The summed E-state index contributed by atoms with van der Waals surface area (Å²) in [5.74, 6) is 0.661. The molecule has 0 radical (unpaired) electrons. The summed E-state index contributed by atoms with van der Waals surface area (Å²) in [6.45, 7) is 0. The van der Waals surface area contributed by atoms with Gasteiger partial charge in [-0.25, -0.2) is 9.97 Å². The summed E-state index contributed by atoms with van der Waals surface area (Å²) in [7, 11) is 0. The fraction of sp³-hybridized carbons (Fsp3) is 0. The van der Waals surface area contributed by atoms with Crippen molar-refractivity contribution in [2.45, 2.75) is 0 Å². The average molecular weight is 714 g/mol. The maximum atomic E-state index is 5.16. The Balaban J connectivity index is 1.11. The molecule has 12 aromatic rings. The minimum atomic E-state index is 0.661. The van der Waals surface area contributed by atoms with E-state index in [2.05, 4.69) is 153 Å². The normalized spacial score (nSPS) is 11.9. The van der Waals surface area contributed by atoms with Crippen molar-refractivity contribution in [3.63, 3.8) is 0 Å². The van der Waals surface area contributed by atoms with E-state index in [1.54, 1.807) is 0 Å². The third-order valence-corrected chi connectivity index (χ3v) is 11.3. The van der Waals surface area contributed by atoms with Crippen molar-refractivity contribution >= 4 is 59.9 Å². The number of nitrogens with zero attached hydrogens (tertiary/aromatic N) is 5. The zero-order valence-electron chi connectivity index (χ0n) is 30.1. The molecule has 0 fully saturated rings. The van der Waals surface area contributed by atoms with Gasteiger partial charge in [-0.2, -0.15) is 0 Å². The Morgan fingerprint density at radius 2 is 0.911 bits per heavy atom. The van der Waals surface area contributed by atoms with Crippen LogP contribution in [-0.4, -0.2) is 23.9 Å². The van der Waals surface area contributed by atoms with Crippen LogP contribution >= 0.6 is 0 Å². The monoisotopic (exact) mass is 713 g/mol. The van der Waals surface area contributed by atoms with Crippen LogP contribution in [0.3, 0.4) is 0 Å². The second-order valence-electron chi connectivity index (χ2n) is 14.5. The highest BCUT2D eigenvalue weighted by molar-refractivity contribution is 6.24. The van der Waals surface area contributed by atoms with E-state index in [9.17, 15) is 0 Å². The molecule has 12 rings (SSSR count). The number of hydrogen-bond donors (Lipinski definition) is 0. The molecule has 56 heavy (non-hydrogen) atoms. The SMILES string of the molecule is c1ccc(-c2cc(-c3ccccn3)nc(-c3ccc4c(c3)c3cc(-c5cc6c7ccccc7n7c8ccccc8c(c5)c67)ccc3n4-c3ccccc3)n2)cc1. The predicted octanol–water partition coefficient (Wildman–Crippen LogP) is 12.8. The Kier molecular flexibility index (Phi) is 6.56. The summed E-state index contributed by atoms with van der Waals surface area (Å²) in [4.78, 5) is 14.9. The zero-order chi connectivity index (χ0) is 36.7. The molecule has 5 nitrogen and oxygen atoms in total. The molecule has 0 aliphatic heterocycles. The molecule has 5 aromatic heterocycles. The van der Waals surface area contributed by atoms with Crippen molar-refractivity contribution in [3.05, 3.63) is 188 Å². The van der Waals surface area contributed by atoms with E-state index in [0.717, 1.165) is 50.3 Å². The molecule has 0 aliphatic carbocycles. The molecule has 0 saturated heterocycles. The van der Waals surface area contributed by atoms with Gasteiger partial charge in [0.25, 0.3) is 0 Å². The van der Waals surface area contributed by atoms with Gasteiger partial charge in [-0.15, -0.1) is 0 Å². The molecular formula is C51H31N5. The largest absolute Gasteiger partial charge is 0.309 e. The fourth-order valence-corrected chi connectivity index (χ4v) is 8.79. The van der Waals surface area contributed by atoms with Gasteiger partial charge in [-0.1, -0.05) is 97.1 Å². The van der Waals surface area contributed by atoms with E-state index in [0.29, 0.717) is 5.82 Å². The third kappa shape index (κ3) is 4.58. The maximum Gasteiger partial charge on any atom is 0.160 e. The van der Waals surface area contributed by atoms with E-state index in [4.69, 9.17) is 9.97 Å². The van der Waals surface area contributed by atoms with Crippen LogP contribution in [0.5, 0.6) is 0 Å². The van der Waals surface area contributed by atoms with E-state index < -0.39 is 0 Å². The average Bonchev–Trinajstić information content (AvgIpc) is 3.91. The van der Waals surface area contributed by atoms with Crippen LogP contribution in [0.2, 0.25) is 0 Å². The lowest BCUT2D eigenvalue weighted by atomic mass is 9.98. The van der Waals surface area contributed by atoms with Gasteiger partial charge in [0.15, 0.2) is 5.82 Å². The minimum Gasteiger partial charge on any atom is -0.309 e. The first-order valence-electron chi connectivity index (χ1n) is 18.9. The van der Waals surface area contributed by atoms with E-state index in [1.807, 2.05) is 48.7 Å². The second-order valence-corrected chi connectivity index (χ2v) is 14.5. The summed E-state index contributed by atoms with van der Waals surface area (Å²) in [6, 6.07) is 64.7. The van der Waals surface area contributed by atoms with Crippen molar-refractivity contribution < 1.29 is 0 Å². The summed E-state index contributed by atoms with van der Waals surface area (Å²) in [6.07, 6.45) is 1.81. The first-order valence-corrected chi connectivity index (χ1v) is 18.9. The number of rotatable bonds is 5. The van der Waals surface area contributed by atoms with Crippen molar-refractivity contribution in [2.24, 2.45) is 0 Å². The first-order chi connectivity index (χ1) is 27.8. The lowest BCUT2D eigenvalue weighted by molar-refractivity contribution is 1.16. The fourth-order valence-electron chi connectivity index (χ4n) is 8.79. The topological polar surface area (TPSA) is 48.0 Å². The Bertz CT molecular complexity index is 3310. The molecule has 260 valence electrons. The van der Waals surface area contributed by atoms with E-state index in [-0.39, 0.29) is 0 Å². The lowest BCUT2D eigenvalue weighted by Gasteiger charge is -2.10. The molecule has 0 saturated carbocycles. The van der Waals surface area contributed by atoms with Gasteiger partial charge in [0, 0.05) is 55.3 Å². The number of pyridine rings is 1. The summed E-state index contributed by atoms with van der Waals surface area (Å²) in [5, 5.41) is 7.41. The van der Waals surface area contributed by atoms with Crippen LogP contribution in [0, 0.1) is 0 Å². The molecule has 5 heteroatoms. The van der Waals surface area contributed by atoms with Crippen LogP contribution in [0.1, 0.15) is 0 Å². The Morgan fingerprint density at radius 3 is 1.59 bits per heavy atom. The van der Waals surface area contributed by atoms with Gasteiger partial charge in [-0.05, 0) is 96.1 Å². The van der Waals surface area contributed by atoms with Gasteiger partial charge >= 0.3 is 0 Å². The highest BCUT2D eigenvalue weighted by Crippen LogP contribution is 2.43. The smallest absolute Gasteiger partial charge is 0.160 e. The Morgan fingerprint density at radius 1 is 0.339 bits per heavy atom. The first kappa shape index (κ1) is 30.8. The molecule has 0 spiro atoms. The molecule has 7 aromatic carbocycles. The Labute approximate surface area is 321 Å². The van der Waals surface area contributed by atoms with E-state index >= 15 is 0 Å². The standard InChI is InChI=1S/C51H31N5/c1-3-13-32(14-4-1)44-31-45(43-19-11-12-26-52-43)54-51(53-44)34-23-25-49-40(28-34)39-27-33(22-24-48(39)55(49)36-15-5-2-6-16-36)35-29-41-37-17-7-9-20-46(37)56-47-21-10-8-18-38(47)42(30-35)50(41)56/h1-31H. The van der Waals surface area contributed by atoms with Crippen LogP contribution < -0.4 is 0 Å². The molecule has 0 N–H and O–H groups in total. The second kappa shape index (κ2) is 11.9. The van der Waals surface area contributed by atoms with Gasteiger partial charge in [0.05, 0.1) is 44.7 Å². The number of aromatic nitrogens is 5. The number of para-hydroxylation sites is 3. The highest BCUT2D eigenvalue weighted by atomic mass is 15.0. The number of hydrogen-bond acceptors (Lipinski definition) is 3. The molecule has 0 atom stereocenters. The van der Waals surface area contributed by atoms with Crippen molar-refractivity contribution in [2.75, 3.05) is 0 Å². The summed E-state index contributed by atoms with van der Waals surface area (Å²) in [5.41, 5.74) is 14.0. The van der Waals surface area contributed by atoms with Crippen molar-refractivity contribution in [1.29, 1.82) is 0 Å². The molecule has 0 amide bonds. The lowest BCUT2D eigenvalue weighted by Crippen LogP contribution is -1.97. The number of benzene rings is 7. The van der Waals surface area contributed by atoms with Crippen LogP contribution in [0.4, 0.5) is 0 Å². The quantitative estimate of drug-likeness (QED) is 0.178. The molecule has 0 bridgehead atoms. The molecular weight excluding hydrogens is 683 g/mol. The van der Waals surface area contributed by atoms with Crippen LogP contribution in [-0.2, 0) is 0 Å². The zero-order valence-corrected chi connectivity index (χ0v) is 30.1. The van der Waals surface area contributed by atoms with E-state index in [1.165, 1.54) is 54.6 Å². The van der Waals surface area contributed by atoms with Gasteiger partial charge < -0.3 is 8.97 Å². The predicted molar refractivity (Wildman–Crippen MR) is 231 cm³/mol. The van der Waals surface area contributed by atoms with Crippen LogP contribution in [0.15, 0.2) is 188 Å². The highest BCUT2D eigenvalue weighted by Gasteiger charge is 2.20.